The van der Waals surface area contributed by atoms with Gasteiger partial charge in [-0.05, 0) is 0 Å². The third-order valence-corrected chi connectivity index (χ3v) is 0.803. The van der Waals surface area contributed by atoms with Crippen molar-refractivity contribution >= 4 is 31.4 Å². The molecule has 0 saturated carbocycles. The van der Waals surface area contributed by atoms with Gasteiger partial charge in [0.2, 0.25) is 0 Å². The summed E-state index contributed by atoms with van der Waals surface area (Å²) in [6, 6.07) is 3.40. The van der Waals surface area contributed by atoms with E-state index in [9.17, 15) is 0 Å². The molecule has 0 atom stereocenters. The fraction of sp³-hybridized carbons (Fsp3) is 0. The van der Waals surface area contributed by atoms with Crippen molar-refractivity contribution < 1.29 is 14.8 Å². The van der Waals surface area contributed by atoms with Crippen molar-refractivity contribution in [2.24, 2.45) is 0 Å². The average Bonchev–Trinajstić information content (AvgIpc) is 1.94. The Morgan fingerprint density at radius 1 is 1.67 bits per heavy atom. The molecular weight excluding hydrogens is 302 g/mol. The molecule has 0 saturated heterocycles. The van der Waals surface area contributed by atoms with Crippen LogP contribution in [0.15, 0.2) is 18.3 Å². The molecule has 0 unspecified atom stereocenters. The number of hydrogen-bond donors (Lipinski definition) is 0. The Morgan fingerprint density at radius 3 is 2.56 bits per heavy atom. The van der Waals surface area contributed by atoms with Crippen molar-refractivity contribution in [1.82, 2.24) is 4.98 Å². The normalized spacial score (nSPS) is 7.56. The van der Waals surface area contributed by atoms with E-state index in [2.05, 4.69) is 30.9 Å². The van der Waals surface area contributed by atoms with E-state index in [4.69, 9.17) is 11.6 Å². The molecule has 0 fully saturated rings. The van der Waals surface area contributed by atoms with Gasteiger partial charge in [0.25, 0.3) is 0 Å². The molecule has 1 rings (SSSR count). The number of halogens is 2. The summed E-state index contributed by atoms with van der Waals surface area (Å²) in [6.45, 7) is 0. The van der Waals surface area contributed by atoms with E-state index in [1.807, 2.05) is 0 Å². The second-order valence-corrected chi connectivity index (χ2v) is 1.54. The Labute approximate surface area is 80.1 Å². The zero-order valence-electron chi connectivity index (χ0n) is 4.64. The molecule has 0 radical (unpaired) electrons. The standard InChI is InChI=1S/C5H3ClN.HI.Zn/c6-5-2-1-3-7-4-5;;/h1-2,4H;1H;/q-1;;+2/p-1. The van der Waals surface area contributed by atoms with Crippen LogP contribution < -0.4 is 0 Å². The Kier molecular flexibility index (Phi) is 7.52. The van der Waals surface area contributed by atoms with Crippen molar-refractivity contribution in [2.45, 2.75) is 0 Å². The second-order valence-electron chi connectivity index (χ2n) is 1.11. The summed E-state index contributed by atoms with van der Waals surface area (Å²) < 4.78 is 0. The Morgan fingerprint density at radius 2 is 2.33 bits per heavy atom. The fourth-order valence-corrected chi connectivity index (χ4v) is 0.414. The fourth-order valence-electron chi connectivity index (χ4n) is 0.302. The van der Waals surface area contributed by atoms with Gasteiger partial charge in [-0.15, -0.1) is 17.7 Å². The third kappa shape index (κ3) is 5.25. The van der Waals surface area contributed by atoms with Crippen molar-refractivity contribution in [3.8, 4) is 0 Å². The number of nitrogens with zero attached hydrogens (tertiary/aromatic N) is 1. The Balaban J connectivity index is 0.000000291. The summed E-state index contributed by atoms with van der Waals surface area (Å²) in [5.74, 6) is 0. The molecule has 9 heavy (non-hydrogen) atoms. The first kappa shape index (κ1) is 9.79. The second kappa shape index (κ2) is 6.91. The maximum absolute atomic E-state index is 5.46. The van der Waals surface area contributed by atoms with E-state index in [1.54, 1.807) is 18.3 Å². The number of hydrogen-bond acceptors (Lipinski definition) is 1. The van der Waals surface area contributed by atoms with E-state index in [-0.39, 0.29) is 0 Å². The van der Waals surface area contributed by atoms with Crippen LogP contribution in [0.4, 0.5) is 0 Å². The number of aromatic nitrogens is 1. The molecule has 1 aromatic rings. The Bertz CT molecular complexity index is 147. The van der Waals surface area contributed by atoms with Gasteiger partial charge in [-0.2, -0.15) is 6.07 Å². The van der Waals surface area contributed by atoms with Gasteiger partial charge in [0.15, 0.2) is 0 Å². The maximum atomic E-state index is 5.46. The van der Waals surface area contributed by atoms with Crippen molar-refractivity contribution in [1.29, 1.82) is 0 Å². The van der Waals surface area contributed by atoms with Gasteiger partial charge in [-0.25, -0.2) is 0 Å². The summed E-state index contributed by atoms with van der Waals surface area (Å²) >= 11 is 9.08. The molecule has 0 amide bonds. The van der Waals surface area contributed by atoms with Crippen molar-refractivity contribution in [2.75, 3.05) is 0 Å². The minimum absolute atomic E-state index is 0.652. The summed E-state index contributed by atoms with van der Waals surface area (Å²) in [7, 11) is 0. The van der Waals surface area contributed by atoms with Crippen LogP contribution in [0.2, 0.25) is 5.02 Å². The van der Waals surface area contributed by atoms with Gasteiger partial charge in [0.05, 0.1) is 0 Å². The molecule has 0 aromatic carbocycles. The van der Waals surface area contributed by atoms with Gasteiger partial charge in [-0.1, -0.05) is 17.4 Å². The van der Waals surface area contributed by atoms with Crippen molar-refractivity contribution in [3.05, 3.63) is 29.5 Å². The van der Waals surface area contributed by atoms with Gasteiger partial charge >= 0.3 is 34.5 Å². The summed E-state index contributed by atoms with van der Waals surface area (Å²) in [5.41, 5.74) is 0. The molecule has 1 nitrogen and oxygen atoms in total. The molecule has 0 aliphatic carbocycles. The van der Waals surface area contributed by atoms with E-state index in [1.165, 1.54) is 14.8 Å². The molecule has 1 aromatic heterocycles. The predicted molar refractivity (Wildman–Crippen MR) is 42.1 cm³/mol. The summed E-state index contributed by atoms with van der Waals surface area (Å²) in [4.78, 5) is 3.63. The van der Waals surface area contributed by atoms with Gasteiger partial charge in [0, 0.05) is 0 Å². The van der Waals surface area contributed by atoms with E-state index >= 15 is 0 Å². The molecule has 1 heterocycles. The molecule has 4 heteroatoms. The average molecular weight is 305 g/mol. The van der Waals surface area contributed by atoms with Crippen LogP contribution >= 0.6 is 31.4 Å². The summed E-state index contributed by atoms with van der Waals surface area (Å²) in [6.07, 6.45) is 4.14. The SMILES string of the molecule is Clc1cc[c-]nc1.[Zn+][I]. The Hall–Kier alpha value is 0.793. The van der Waals surface area contributed by atoms with Crippen LogP contribution in [-0.2, 0) is 14.8 Å². The van der Waals surface area contributed by atoms with Crippen molar-refractivity contribution in [3.63, 3.8) is 0 Å². The number of rotatable bonds is 0. The van der Waals surface area contributed by atoms with Crippen LogP contribution in [0.25, 0.3) is 0 Å². The van der Waals surface area contributed by atoms with Crippen LogP contribution in [0.1, 0.15) is 0 Å². The van der Waals surface area contributed by atoms with Gasteiger partial charge in [0.1, 0.15) is 0 Å². The van der Waals surface area contributed by atoms with Crippen LogP contribution in [0.5, 0.6) is 0 Å². The van der Waals surface area contributed by atoms with Gasteiger partial charge < -0.3 is 4.98 Å². The molecule has 0 aliphatic rings. The van der Waals surface area contributed by atoms with Crippen LogP contribution in [0.3, 0.4) is 0 Å². The first-order valence-corrected chi connectivity index (χ1v) is 11.6. The zero-order chi connectivity index (χ0) is 7.11. The van der Waals surface area contributed by atoms with Crippen LogP contribution in [0, 0.1) is 6.20 Å². The molecule has 44 valence electrons. The minimum atomic E-state index is 0.652. The quantitative estimate of drug-likeness (QED) is 0.407. The first-order valence-electron chi connectivity index (χ1n) is 2.14. The summed E-state index contributed by atoms with van der Waals surface area (Å²) in [5, 5.41) is 0.652. The third-order valence-electron chi connectivity index (χ3n) is 0.580. The van der Waals surface area contributed by atoms with E-state index in [0.717, 1.165) is 0 Å². The first-order chi connectivity index (χ1) is 4.39. The number of pyridine rings is 1. The topological polar surface area (TPSA) is 12.9 Å². The molecule has 0 spiro atoms. The zero-order valence-corrected chi connectivity index (χ0v) is 10.5. The molecule has 0 N–H and O–H groups in total. The van der Waals surface area contributed by atoms with E-state index < -0.39 is 0 Å². The van der Waals surface area contributed by atoms with Gasteiger partial charge in [-0.3, -0.25) is 0 Å². The predicted octanol–water partition coefficient (Wildman–Crippen LogP) is 2.42. The molecule has 0 aliphatic heterocycles. The van der Waals surface area contributed by atoms with E-state index in [0.29, 0.717) is 5.02 Å². The molecule has 0 bridgehead atoms. The monoisotopic (exact) mass is 303 g/mol. The molecular formula is C5H3ClINZn. The van der Waals surface area contributed by atoms with Crippen LogP contribution in [-0.4, -0.2) is 4.98 Å².